The maximum Gasteiger partial charge on any atom is 0.163 e. The van der Waals surface area contributed by atoms with Crippen LogP contribution >= 0.6 is 0 Å². The largest absolute Gasteiger partial charge is 0.382 e. The van der Waals surface area contributed by atoms with E-state index in [9.17, 15) is 0 Å². The monoisotopic (exact) mass is 283 g/mol. The third kappa shape index (κ3) is 2.42. The van der Waals surface area contributed by atoms with Gasteiger partial charge in [-0.25, -0.2) is 0 Å². The highest BCUT2D eigenvalue weighted by Crippen LogP contribution is 2.30. The van der Waals surface area contributed by atoms with E-state index in [0.29, 0.717) is 6.04 Å². The van der Waals surface area contributed by atoms with Gasteiger partial charge in [-0.1, -0.05) is 12.1 Å². The second-order valence-electron chi connectivity index (χ2n) is 6.24. The predicted molar refractivity (Wildman–Crippen MR) is 83.0 cm³/mol. The number of hydrogen-bond acceptors (Lipinski definition) is 4. The van der Waals surface area contributed by atoms with Crippen molar-refractivity contribution in [2.24, 2.45) is 13.0 Å². The Kier molecular flexibility index (Phi) is 3.15. The van der Waals surface area contributed by atoms with Crippen molar-refractivity contribution >= 4 is 5.69 Å². The second-order valence-corrected chi connectivity index (χ2v) is 6.24. The quantitative estimate of drug-likeness (QED) is 0.936. The molecule has 0 radical (unpaired) electrons. The van der Waals surface area contributed by atoms with Crippen LogP contribution in [0.5, 0.6) is 0 Å². The number of hydrogen-bond donors (Lipinski definition) is 1. The van der Waals surface area contributed by atoms with Crippen molar-refractivity contribution in [3.05, 3.63) is 30.6 Å². The van der Waals surface area contributed by atoms with Crippen LogP contribution < -0.4 is 5.32 Å². The zero-order valence-electron chi connectivity index (χ0n) is 12.4. The number of aryl methyl sites for hydroxylation is 1. The van der Waals surface area contributed by atoms with E-state index in [1.165, 1.54) is 38.2 Å². The summed E-state index contributed by atoms with van der Waals surface area (Å²) in [5, 5.41) is 11.9. The zero-order chi connectivity index (χ0) is 14.2. The van der Waals surface area contributed by atoms with Crippen molar-refractivity contribution in [3.63, 3.8) is 0 Å². The van der Waals surface area contributed by atoms with Gasteiger partial charge in [0.05, 0.1) is 0 Å². The molecule has 2 fully saturated rings. The van der Waals surface area contributed by atoms with Gasteiger partial charge in [0.1, 0.15) is 6.33 Å². The van der Waals surface area contributed by atoms with Gasteiger partial charge < -0.3 is 14.8 Å². The minimum absolute atomic E-state index is 0.610. The van der Waals surface area contributed by atoms with E-state index in [1.807, 2.05) is 11.6 Å². The minimum Gasteiger partial charge on any atom is -0.382 e. The summed E-state index contributed by atoms with van der Waals surface area (Å²) in [6.07, 6.45) is 4.32. The van der Waals surface area contributed by atoms with E-state index in [0.717, 1.165) is 17.3 Å². The number of nitrogens with one attached hydrogen (secondary N) is 1. The molecule has 1 N–H and O–H groups in total. The first-order valence-electron chi connectivity index (χ1n) is 7.73. The Morgan fingerprint density at radius 1 is 1.24 bits per heavy atom. The molecule has 2 aromatic rings. The normalized spacial score (nSPS) is 27.8. The summed E-state index contributed by atoms with van der Waals surface area (Å²) in [7, 11) is 1.98. The SMILES string of the molecule is Cn1cnnc1-c1cccc(NC2CCN3CCC2C3)c1. The first-order valence-corrected chi connectivity index (χ1v) is 7.73. The average Bonchev–Trinajstić information content (AvgIpc) is 3.09. The van der Waals surface area contributed by atoms with Gasteiger partial charge in [-0.3, -0.25) is 0 Å². The lowest BCUT2D eigenvalue weighted by Crippen LogP contribution is -2.39. The van der Waals surface area contributed by atoms with Crippen LogP contribution in [0.25, 0.3) is 11.4 Å². The van der Waals surface area contributed by atoms with Gasteiger partial charge in [0, 0.05) is 37.4 Å². The Hall–Kier alpha value is -1.88. The predicted octanol–water partition coefficient (Wildman–Crippen LogP) is 1.99. The Labute approximate surface area is 125 Å². The molecule has 5 nitrogen and oxygen atoms in total. The van der Waals surface area contributed by atoms with Crippen molar-refractivity contribution in [1.82, 2.24) is 19.7 Å². The van der Waals surface area contributed by atoms with Gasteiger partial charge in [0.15, 0.2) is 5.82 Å². The average molecular weight is 283 g/mol. The molecular formula is C16H21N5. The van der Waals surface area contributed by atoms with Gasteiger partial charge in [0.2, 0.25) is 0 Å². The molecular weight excluding hydrogens is 262 g/mol. The van der Waals surface area contributed by atoms with Crippen LogP contribution in [-0.4, -0.2) is 45.3 Å². The van der Waals surface area contributed by atoms with E-state index >= 15 is 0 Å². The standard InChI is InChI=1S/C16H21N5/c1-20-11-17-19-16(20)12-3-2-4-14(9-12)18-15-6-8-21-7-5-13(15)10-21/h2-4,9,11,13,15,18H,5-8,10H2,1H3. The molecule has 2 saturated heterocycles. The van der Waals surface area contributed by atoms with E-state index < -0.39 is 0 Å². The molecule has 2 bridgehead atoms. The number of fused-ring (bicyclic) bond motifs is 2. The lowest BCUT2D eigenvalue weighted by Gasteiger charge is -2.31. The van der Waals surface area contributed by atoms with Crippen LogP contribution in [0.4, 0.5) is 5.69 Å². The third-order valence-electron chi connectivity index (χ3n) is 4.82. The molecule has 4 rings (SSSR count). The number of nitrogens with zero attached hydrogens (tertiary/aromatic N) is 4. The van der Waals surface area contributed by atoms with Crippen LogP contribution in [0.15, 0.2) is 30.6 Å². The summed E-state index contributed by atoms with van der Waals surface area (Å²) in [4.78, 5) is 2.58. The van der Waals surface area contributed by atoms with E-state index in [4.69, 9.17) is 0 Å². The molecule has 5 heteroatoms. The summed E-state index contributed by atoms with van der Waals surface area (Å²) in [6, 6.07) is 9.13. The first-order chi connectivity index (χ1) is 10.3. The summed E-state index contributed by atoms with van der Waals surface area (Å²) >= 11 is 0. The summed E-state index contributed by atoms with van der Waals surface area (Å²) < 4.78 is 1.95. The van der Waals surface area contributed by atoms with Crippen LogP contribution in [0.1, 0.15) is 12.8 Å². The van der Waals surface area contributed by atoms with Crippen LogP contribution in [-0.2, 0) is 7.05 Å². The maximum atomic E-state index is 4.19. The number of benzene rings is 1. The molecule has 1 aromatic carbocycles. The molecule has 0 spiro atoms. The molecule has 21 heavy (non-hydrogen) atoms. The molecule has 110 valence electrons. The van der Waals surface area contributed by atoms with Crippen molar-refractivity contribution in [1.29, 1.82) is 0 Å². The molecule has 0 aliphatic carbocycles. The molecule has 0 saturated carbocycles. The van der Waals surface area contributed by atoms with Crippen LogP contribution in [0, 0.1) is 5.92 Å². The lowest BCUT2D eigenvalue weighted by molar-refractivity contribution is 0.255. The van der Waals surface area contributed by atoms with Gasteiger partial charge in [-0.15, -0.1) is 10.2 Å². The summed E-state index contributed by atoms with van der Waals surface area (Å²) in [6.45, 7) is 3.78. The first kappa shape index (κ1) is 12.8. The number of rotatable bonds is 3. The van der Waals surface area contributed by atoms with E-state index in [2.05, 4.69) is 44.7 Å². The zero-order valence-corrected chi connectivity index (χ0v) is 12.4. The molecule has 1 aromatic heterocycles. The van der Waals surface area contributed by atoms with E-state index in [1.54, 1.807) is 6.33 Å². The lowest BCUT2D eigenvalue weighted by atomic mass is 9.94. The Balaban J connectivity index is 1.54. The van der Waals surface area contributed by atoms with Crippen LogP contribution in [0.2, 0.25) is 0 Å². The number of anilines is 1. The smallest absolute Gasteiger partial charge is 0.163 e. The summed E-state index contributed by atoms with van der Waals surface area (Å²) in [5.41, 5.74) is 2.31. The van der Waals surface area contributed by atoms with Gasteiger partial charge in [0.25, 0.3) is 0 Å². The number of piperidine rings is 1. The fourth-order valence-electron chi connectivity index (χ4n) is 3.65. The molecule has 0 amide bonds. The Morgan fingerprint density at radius 2 is 2.14 bits per heavy atom. The summed E-state index contributed by atoms with van der Waals surface area (Å²) in [5.74, 6) is 1.71. The van der Waals surface area contributed by atoms with Gasteiger partial charge in [-0.2, -0.15) is 0 Å². The highest BCUT2D eigenvalue weighted by molar-refractivity contribution is 5.62. The fraction of sp³-hybridized carbons (Fsp3) is 0.500. The maximum absolute atomic E-state index is 4.19. The van der Waals surface area contributed by atoms with Crippen molar-refractivity contribution in [2.45, 2.75) is 18.9 Å². The minimum atomic E-state index is 0.610. The van der Waals surface area contributed by atoms with Crippen molar-refractivity contribution in [3.8, 4) is 11.4 Å². The molecule has 3 unspecified atom stereocenters. The third-order valence-corrected chi connectivity index (χ3v) is 4.82. The highest BCUT2D eigenvalue weighted by atomic mass is 15.2. The van der Waals surface area contributed by atoms with Gasteiger partial charge >= 0.3 is 0 Å². The van der Waals surface area contributed by atoms with E-state index in [-0.39, 0.29) is 0 Å². The Morgan fingerprint density at radius 3 is 3.00 bits per heavy atom. The van der Waals surface area contributed by atoms with Crippen LogP contribution in [0.3, 0.4) is 0 Å². The fourth-order valence-corrected chi connectivity index (χ4v) is 3.65. The van der Waals surface area contributed by atoms with Gasteiger partial charge in [-0.05, 0) is 37.4 Å². The number of aromatic nitrogens is 3. The molecule has 3 atom stereocenters. The van der Waals surface area contributed by atoms with Crippen molar-refractivity contribution < 1.29 is 0 Å². The second kappa shape index (κ2) is 5.15. The molecule has 2 aliphatic heterocycles. The molecule has 3 heterocycles. The molecule has 2 aliphatic rings. The Bertz CT molecular complexity index is 635. The topological polar surface area (TPSA) is 46.0 Å². The highest BCUT2D eigenvalue weighted by Gasteiger charge is 2.34. The van der Waals surface area contributed by atoms with Crippen molar-refractivity contribution in [2.75, 3.05) is 25.0 Å².